The molecule has 0 radical (unpaired) electrons. The van der Waals surface area contributed by atoms with E-state index in [9.17, 15) is 13.5 Å². The number of hydrogen-bond donors (Lipinski definition) is 3. The molecule has 0 spiro atoms. The van der Waals surface area contributed by atoms with Gasteiger partial charge in [-0.3, -0.25) is 0 Å². The van der Waals surface area contributed by atoms with E-state index >= 15 is 0 Å². The molecule has 3 N–H and O–H groups in total. The minimum Gasteiger partial charge on any atom is -0.395 e. The van der Waals surface area contributed by atoms with Gasteiger partial charge in [-0.05, 0) is 49.6 Å². The highest BCUT2D eigenvalue weighted by Crippen LogP contribution is 2.28. The molecule has 1 fully saturated rings. The largest absolute Gasteiger partial charge is 0.395 e. The highest BCUT2D eigenvalue weighted by molar-refractivity contribution is 7.90. The second-order valence-electron chi connectivity index (χ2n) is 7.21. The number of benzene rings is 1. The standard InChI is InChI=1S/C19H22ClN5O3S/c1-12-2-6-15(7-3-12)29(27,28)25-9-8-16-17(23-19(20)24-18(16)25)22-13-4-5-14(11-26)21-10-13/h2-3,6-9,13-14,21,26H,4-5,10-11H2,1H3,(H,22,23,24)/t13-,14-/m1/s1. The molecule has 3 aromatic rings. The van der Waals surface area contributed by atoms with E-state index in [1.54, 1.807) is 30.3 Å². The molecule has 1 aromatic carbocycles. The summed E-state index contributed by atoms with van der Waals surface area (Å²) in [6, 6.07) is 8.51. The predicted molar refractivity (Wildman–Crippen MR) is 112 cm³/mol. The Labute approximate surface area is 174 Å². The van der Waals surface area contributed by atoms with Crippen molar-refractivity contribution in [2.45, 2.75) is 36.7 Å². The lowest BCUT2D eigenvalue weighted by Gasteiger charge is -2.29. The van der Waals surface area contributed by atoms with Gasteiger partial charge >= 0.3 is 0 Å². The zero-order valence-corrected chi connectivity index (χ0v) is 17.4. The van der Waals surface area contributed by atoms with Gasteiger partial charge < -0.3 is 15.7 Å². The summed E-state index contributed by atoms with van der Waals surface area (Å²) in [5.74, 6) is 0.493. The molecule has 1 aliphatic heterocycles. The van der Waals surface area contributed by atoms with Crippen LogP contribution in [0.5, 0.6) is 0 Å². The number of nitrogens with one attached hydrogen (secondary N) is 2. The molecule has 29 heavy (non-hydrogen) atoms. The van der Waals surface area contributed by atoms with E-state index in [1.165, 1.54) is 6.20 Å². The second kappa shape index (κ2) is 7.91. The molecule has 0 aliphatic carbocycles. The van der Waals surface area contributed by atoms with Crippen molar-refractivity contribution in [2.24, 2.45) is 0 Å². The minimum atomic E-state index is -3.82. The molecule has 10 heteroatoms. The van der Waals surface area contributed by atoms with Crippen LogP contribution in [0.2, 0.25) is 5.28 Å². The lowest BCUT2D eigenvalue weighted by Crippen LogP contribution is -2.46. The maximum absolute atomic E-state index is 13.1. The molecule has 1 aliphatic rings. The van der Waals surface area contributed by atoms with Crippen LogP contribution in [0.1, 0.15) is 18.4 Å². The average Bonchev–Trinajstić information content (AvgIpc) is 3.13. The van der Waals surface area contributed by atoms with Crippen molar-refractivity contribution in [3.63, 3.8) is 0 Å². The van der Waals surface area contributed by atoms with E-state index in [0.29, 0.717) is 17.7 Å². The summed E-state index contributed by atoms with van der Waals surface area (Å²) in [5, 5.41) is 16.4. The van der Waals surface area contributed by atoms with Crippen LogP contribution in [0.25, 0.3) is 11.0 Å². The highest BCUT2D eigenvalue weighted by atomic mass is 35.5. The first-order valence-electron chi connectivity index (χ1n) is 9.36. The van der Waals surface area contributed by atoms with Crippen LogP contribution in [0, 0.1) is 6.92 Å². The van der Waals surface area contributed by atoms with Gasteiger partial charge in [0.1, 0.15) is 5.82 Å². The molecule has 0 bridgehead atoms. The summed E-state index contributed by atoms with van der Waals surface area (Å²) in [6.45, 7) is 2.67. The van der Waals surface area contributed by atoms with Gasteiger partial charge in [0, 0.05) is 24.8 Å². The summed E-state index contributed by atoms with van der Waals surface area (Å²) in [5.41, 5.74) is 1.20. The maximum atomic E-state index is 13.1. The molecule has 1 saturated heterocycles. The lowest BCUT2D eigenvalue weighted by molar-refractivity contribution is 0.216. The number of fused-ring (bicyclic) bond motifs is 1. The van der Waals surface area contributed by atoms with E-state index in [4.69, 9.17) is 11.6 Å². The van der Waals surface area contributed by atoms with E-state index in [0.717, 1.165) is 22.4 Å². The van der Waals surface area contributed by atoms with Gasteiger partial charge in [-0.25, -0.2) is 17.4 Å². The van der Waals surface area contributed by atoms with Crippen molar-refractivity contribution in [3.05, 3.63) is 47.4 Å². The Bertz CT molecular complexity index is 1120. The number of piperidine rings is 1. The smallest absolute Gasteiger partial charge is 0.269 e. The molecule has 0 saturated carbocycles. The van der Waals surface area contributed by atoms with E-state index in [2.05, 4.69) is 20.6 Å². The molecule has 0 unspecified atom stereocenters. The fourth-order valence-corrected chi connectivity index (χ4v) is 4.94. The van der Waals surface area contributed by atoms with Crippen molar-refractivity contribution < 1.29 is 13.5 Å². The Hall–Kier alpha value is -2.20. The highest BCUT2D eigenvalue weighted by Gasteiger charge is 2.24. The van der Waals surface area contributed by atoms with Gasteiger partial charge in [-0.15, -0.1) is 0 Å². The summed E-state index contributed by atoms with van der Waals surface area (Å²) in [4.78, 5) is 8.62. The topological polar surface area (TPSA) is 109 Å². The Morgan fingerprint density at radius 3 is 2.66 bits per heavy atom. The van der Waals surface area contributed by atoms with Crippen LogP contribution < -0.4 is 10.6 Å². The second-order valence-corrected chi connectivity index (χ2v) is 9.37. The molecule has 2 aromatic heterocycles. The first-order valence-corrected chi connectivity index (χ1v) is 11.2. The number of anilines is 1. The predicted octanol–water partition coefficient (Wildman–Crippen LogP) is 2.15. The van der Waals surface area contributed by atoms with E-state index in [1.807, 2.05) is 6.92 Å². The first kappa shape index (κ1) is 20.1. The van der Waals surface area contributed by atoms with Crippen LogP contribution in [-0.2, 0) is 10.0 Å². The Morgan fingerprint density at radius 1 is 1.24 bits per heavy atom. The van der Waals surface area contributed by atoms with Crippen molar-refractivity contribution in [3.8, 4) is 0 Å². The number of aliphatic hydroxyl groups excluding tert-OH is 1. The quantitative estimate of drug-likeness (QED) is 0.527. The summed E-state index contributed by atoms with van der Waals surface area (Å²) >= 11 is 6.11. The number of hydrogen-bond acceptors (Lipinski definition) is 7. The van der Waals surface area contributed by atoms with Gasteiger partial charge in [-0.1, -0.05) is 17.7 Å². The van der Waals surface area contributed by atoms with E-state index in [-0.39, 0.29) is 34.5 Å². The van der Waals surface area contributed by atoms with Crippen molar-refractivity contribution >= 4 is 38.5 Å². The fraction of sp³-hybridized carbons (Fsp3) is 0.368. The van der Waals surface area contributed by atoms with Gasteiger partial charge in [0.25, 0.3) is 10.0 Å². The van der Waals surface area contributed by atoms with E-state index < -0.39 is 10.0 Å². The molecule has 3 heterocycles. The third-order valence-electron chi connectivity index (χ3n) is 5.14. The van der Waals surface area contributed by atoms with Crippen LogP contribution in [0.4, 0.5) is 5.82 Å². The van der Waals surface area contributed by atoms with Crippen LogP contribution in [-0.4, -0.2) is 52.7 Å². The summed E-state index contributed by atoms with van der Waals surface area (Å²) in [7, 11) is -3.82. The fourth-order valence-electron chi connectivity index (χ4n) is 3.48. The van der Waals surface area contributed by atoms with Crippen molar-refractivity contribution in [2.75, 3.05) is 18.5 Å². The normalized spacial score (nSPS) is 20.1. The molecule has 8 nitrogen and oxygen atoms in total. The third kappa shape index (κ3) is 3.95. The number of nitrogens with zero attached hydrogens (tertiary/aromatic N) is 3. The SMILES string of the molecule is Cc1ccc(S(=O)(=O)n2ccc3c(N[C@@H]4CC[C@H](CO)NC4)nc(Cl)nc32)cc1. The number of halogens is 1. The zero-order valence-electron chi connectivity index (χ0n) is 15.8. The minimum absolute atomic E-state index is 0.0314. The monoisotopic (exact) mass is 435 g/mol. The van der Waals surface area contributed by atoms with Crippen LogP contribution in [0.15, 0.2) is 41.4 Å². The zero-order chi connectivity index (χ0) is 20.6. The number of aliphatic hydroxyl groups is 1. The van der Waals surface area contributed by atoms with Crippen LogP contribution >= 0.6 is 11.6 Å². The molecule has 2 atom stereocenters. The van der Waals surface area contributed by atoms with Gasteiger partial charge in [0.2, 0.25) is 5.28 Å². The number of rotatable bonds is 5. The molecular weight excluding hydrogens is 414 g/mol. The van der Waals surface area contributed by atoms with Crippen molar-refractivity contribution in [1.29, 1.82) is 0 Å². The van der Waals surface area contributed by atoms with Gasteiger partial charge in [-0.2, -0.15) is 4.98 Å². The molecule has 4 rings (SSSR count). The Kier molecular flexibility index (Phi) is 5.48. The number of aryl methyl sites for hydroxylation is 1. The number of aromatic nitrogens is 3. The molecule has 0 amide bonds. The maximum Gasteiger partial charge on any atom is 0.269 e. The molecular formula is C19H22ClN5O3S. The van der Waals surface area contributed by atoms with Crippen molar-refractivity contribution in [1.82, 2.24) is 19.3 Å². The van der Waals surface area contributed by atoms with Gasteiger partial charge in [0.15, 0.2) is 5.65 Å². The molecule has 154 valence electrons. The average molecular weight is 436 g/mol. The van der Waals surface area contributed by atoms with Gasteiger partial charge in [0.05, 0.1) is 16.9 Å². The van der Waals surface area contributed by atoms with Crippen LogP contribution in [0.3, 0.4) is 0 Å². The Morgan fingerprint density at radius 2 is 2.00 bits per heavy atom. The summed E-state index contributed by atoms with van der Waals surface area (Å²) < 4.78 is 27.3. The first-order chi connectivity index (χ1) is 13.9. The summed E-state index contributed by atoms with van der Waals surface area (Å²) in [6.07, 6.45) is 3.15. The lowest BCUT2D eigenvalue weighted by atomic mass is 10.0. The Balaban J connectivity index is 1.69. The third-order valence-corrected chi connectivity index (χ3v) is 6.99.